The number of hydrogen-bond acceptors (Lipinski definition) is 5. The summed E-state index contributed by atoms with van der Waals surface area (Å²) in [5.74, 6) is 1.69. The third kappa shape index (κ3) is 2.86. The zero-order valence-electron chi connectivity index (χ0n) is 13.0. The second-order valence-corrected chi connectivity index (χ2v) is 7.15. The summed E-state index contributed by atoms with van der Waals surface area (Å²) in [5, 5.41) is 11.0. The van der Waals surface area contributed by atoms with E-state index in [2.05, 4.69) is 20.4 Å². The van der Waals surface area contributed by atoms with E-state index in [0.29, 0.717) is 12.0 Å². The van der Waals surface area contributed by atoms with Gasteiger partial charge in [0, 0.05) is 32.2 Å². The lowest BCUT2D eigenvalue weighted by atomic mass is 9.83. The number of amides is 1. The molecule has 0 N–H and O–H groups in total. The van der Waals surface area contributed by atoms with E-state index in [0.717, 1.165) is 19.0 Å². The average Bonchev–Trinajstić information content (AvgIpc) is 2.80. The summed E-state index contributed by atoms with van der Waals surface area (Å²) in [5.41, 5.74) is 0. The fourth-order valence-corrected chi connectivity index (χ4v) is 4.10. The van der Waals surface area contributed by atoms with Crippen LogP contribution >= 0.6 is 0 Å². The maximum absolute atomic E-state index is 12.5. The minimum atomic E-state index is 0.148. The van der Waals surface area contributed by atoms with Gasteiger partial charge in [-0.25, -0.2) is 4.68 Å². The van der Waals surface area contributed by atoms with E-state index in [9.17, 15) is 4.79 Å². The standard InChI is InChI=1S/C15H24N6O/c22-15(10-21-11-16-17-18-21)20-8-13-4-5-14(9-20)19(7-13)6-12-2-1-3-12/h11-14H,1-10H2/t13-,14-/m0/s1. The first-order valence-electron chi connectivity index (χ1n) is 8.50. The molecule has 120 valence electrons. The molecule has 2 bridgehead atoms. The fraction of sp³-hybridized carbons (Fsp3) is 0.867. The lowest BCUT2D eigenvalue weighted by Gasteiger charge is -2.40. The van der Waals surface area contributed by atoms with Gasteiger partial charge < -0.3 is 4.90 Å². The van der Waals surface area contributed by atoms with Gasteiger partial charge in [0.05, 0.1) is 0 Å². The van der Waals surface area contributed by atoms with E-state index in [1.54, 1.807) is 0 Å². The van der Waals surface area contributed by atoms with Crippen LogP contribution in [0.5, 0.6) is 0 Å². The molecule has 0 aromatic carbocycles. The molecule has 4 heterocycles. The van der Waals surface area contributed by atoms with Crippen molar-refractivity contribution >= 4 is 5.91 Å². The molecular weight excluding hydrogens is 280 g/mol. The molecule has 1 saturated carbocycles. The van der Waals surface area contributed by atoms with E-state index >= 15 is 0 Å². The molecule has 22 heavy (non-hydrogen) atoms. The summed E-state index contributed by atoms with van der Waals surface area (Å²) in [6, 6.07) is 0.553. The van der Waals surface area contributed by atoms with Gasteiger partial charge in [0.25, 0.3) is 0 Å². The molecule has 4 aliphatic rings. The third-order valence-electron chi connectivity index (χ3n) is 5.59. The van der Waals surface area contributed by atoms with Crippen LogP contribution in [0.25, 0.3) is 0 Å². The SMILES string of the molecule is O=C(Cn1cnnn1)N1C[C@H]2CC[C@@H](C1)N(CC1CCC1)C2. The van der Waals surface area contributed by atoms with Crippen LogP contribution in [0.2, 0.25) is 0 Å². The largest absolute Gasteiger partial charge is 0.339 e. The predicted octanol–water partition coefficient (Wildman–Crippen LogP) is 0.396. The van der Waals surface area contributed by atoms with E-state index in [4.69, 9.17) is 0 Å². The van der Waals surface area contributed by atoms with Gasteiger partial charge >= 0.3 is 0 Å². The second kappa shape index (κ2) is 5.95. The molecule has 7 nitrogen and oxygen atoms in total. The van der Waals surface area contributed by atoms with Crippen LogP contribution in [0.1, 0.15) is 32.1 Å². The third-order valence-corrected chi connectivity index (χ3v) is 5.59. The van der Waals surface area contributed by atoms with E-state index in [-0.39, 0.29) is 12.5 Å². The minimum Gasteiger partial charge on any atom is -0.339 e. The number of aromatic nitrogens is 4. The van der Waals surface area contributed by atoms with Gasteiger partial charge in [0.1, 0.15) is 12.9 Å². The molecule has 1 aliphatic carbocycles. The summed E-state index contributed by atoms with van der Waals surface area (Å²) >= 11 is 0. The Bertz CT molecular complexity index is 514. The lowest BCUT2D eigenvalue weighted by Crippen LogP contribution is -2.47. The summed E-state index contributed by atoms with van der Waals surface area (Å²) in [6.45, 7) is 4.46. The van der Waals surface area contributed by atoms with Gasteiger partial charge in [-0.1, -0.05) is 6.42 Å². The number of carbonyl (C=O) groups is 1. The zero-order valence-corrected chi connectivity index (χ0v) is 13.0. The molecule has 0 radical (unpaired) electrons. The molecule has 2 atom stereocenters. The normalized spacial score (nSPS) is 29.4. The van der Waals surface area contributed by atoms with Crippen molar-refractivity contribution in [1.82, 2.24) is 30.0 Å². The summed E-state index contributed by atoms with van der Waals surface area (Å²) in [6.07, 6.45) is 8.22. The molecule has 0 spiro atoms. The fourth-order valence-electron chi connectivity index (χ4n) is 4.10. The van der Waals surface area contributed by atoms with Gasteiger partial charge in [-0.3, -0.25) is 9.69 Å². The Labute approximate surface area is 130 Å². The number of nitrogens with zero attached hydrogens (tertiary/aromatic N) is 6. The number of fused-ring (bicyclic) bond motifs is 4. The Hall–Kier alpha value is -1.50. The van der Waals surface area contributed by atoms with Crippen molar-refractivity contribution in [2.24, 2.45) is 11.8 Å². The first kappa shape index (κ1) is 14.1. The number of carbonyl (C=O) groups excluding carboxylic acids is 1. The van der Waals surface area contributed by atoms with Crippen LogP contribution in [0.15, 0.2) is 6.33 Å². The van der Waals surface area contributed by atoms with Gasteiger partial charge in [0.15, 0.2) is 0 Å². The van der Waals surface area contributed by atoms with Crippen LogP contribution in [-0.4, -0.2) is 68.1 Å². The smallest absolute Gasteiger partial charge is 0.244 e. The van der Waals surface area contributed by atoms with Crippen LogP contribution in [0.4, 0.5) is 0 Å². The molecule has 3 aliphatic heterocycles. The van der Waals surface area contributed by atoms with Crippen LogP contribution < -0.4 is 0 Å². The maximum atomic E-state index is 12.5. The molecule has 0 unspecified atom stereocenters. The van der Waals surface area contributed by atoms with E-state index in [1.807, 2.05) is 4.90 Å². The Kier molecular flexibility index (Phi) is 3.82. The van der Waals surface area contributed by atoms with Crippen molar-refractivity contribution in [2.75, 3.05) is 26.2 Å². The molecule has 4 fully saturated rings. The lowest BCUT2D eigenvalue weighted by molar-refractivity contribution is -0.132. The van der Waals surface area contributed by atoms with Crippen LogP contribution in [0.3, 0.4) is 0 Å². The number of hydrogen-bond donors (Lipinski definition) is 0. The highest BCUT2D eigenvalue weighted by Gasteiger charge is 2.37. The Balaban J connectivity index is 1.40. The molecule has 1 amide bonds. The predicted molar refractivity (Wildman–Crippen MR) is 79.8 cm³/mol. The highest BCUT2D eigenvalue weighted by molar-refractivity contribution is 5.76. The van der Waals surface area contributed by atoms with Gasteiger partial charge in [0.2, 0.25) is 5.91 Å². The molecule has 5 rings (SSSR count). The van der Waals surface area contributed by atoms with Crippen molar-refractivity contribution in [3.8, 4) is 0 Å². The van der Waals surface area contributed by atoms with Crippen molar-refractivity contribution in [3.05, 3.63) is 6.33 Å². The molecule has 7 heteroatoms. The molecule has 3 saturated heterocycles. The van der Waals surface area contributed by atoms with Crippen LogP contribution in [0, 0.1) is 11.8 Å². The first-order valence-corrected chi connectivity index (χ1v) is 8.50. The Morgan fingerprint density at radius 3 is 2.77 bits per heavy atom. The van der Waals surface area contributed by atoms with Crippen molar-refractivity contribution < 1.29 is 4.79 Å². The summed E-state index contributed by atoms with van der Waals surface area (Å²) in [4.78, 5) is 17.2. The van der Waals surface area contributed by atoms with E-state index in [1.165, 1.54) is 56.2 Å². The number of piperidine rings is 1. The van der Waals surface area contributed by atoms with E-state index < -0.39 is 0 Å². The monoisotopic (exact) mass is 304 g/mol. The summed E-state index contributed by atoms with van der Waals surface area (Å²) in [7, 11) is 0. The Morgan fingerprint density at radius 1 is 1.14 bits per heavy atom. The van der Waals surface area contributed by atoms with Gasteiger partial charge in [-0.05, 0) is 47.9 Å². The summed E-state index contributed by atoms with van der Waals surface area (Å²) < 4.78 is 1.52. The topological polar surface area (TPSA) is 67.2 Å². The highest BCUT2D eigenvalue weighted by atomic mass is 16.2. The molecular formula is C15H24N6O. The van der Waals surface area contributed by atoms with Gasteiger partial charge in [-0.15, -0.1) is 5.10 Å². The molecule has 1 aromatic heterocycles. The van der Waals surface area contributed by atoms with Crippen molar-refractivity contribution in [1.29, 1.82) is 0 Å². The second-order valence-electron chi connectivity index (χ2n) is 7.15. The van der Waals surface area contributed by atoms with Crippen molar-refractivity contribution in [2.45, 2.75) is 44.7 Å². The average molecular weight is 304 g/mol. The quantitative estimate of drug-likeness (QED) is 0.805. The zero-order chi connectivity index (χ0) is 14.9. The van der Waals surface area contributed by atoms with Crippen LogP contribution in [-0.2, 0) is 11.3 Å². The number of tetrazole rings is 1. The minimum absolute atomic E-state index is 0.148. The van der Waals surface area contributed by atoms with Crippen molar-refractivity contribution in [3.63, 3.8) is 0 Å². The molecule has 1 aromatic rings. The highest BCUT2D eigenvalue weighted by Crippen LogP contribution is 2.33. The van der Waals surface area contributed by atoms with Gasteiger partial charge in [-0.2, -0.15) is 0 Å². The first-order chi connectivity index (χ1) is 10.8. The maximum Gasteiger partial charge on any atom is 0.244 e. The Morgan fingerprint density at radius 2 is 2.05 bits per heavy atom. The number of rotatable bonds is 4.